The van der Waals surface area contributed by atoms with Crippen LogP contribution in [0.25, 0.3) is 5.69 Å². The van der Waals surface area contributed by atoms with E-state index >= 15 is 0 Å². The van der Waals surface area contributed by atoms with E-state index in [4.69, 9.17) is 5.41 Å². The largest absolute Gasteiger partial charge is 0.299 e. The van der Waals surface area contributed by atoms with Crippen LogP contribution in [0.3, 0.4) is 0 Å². The Morgan fingerprint density at radius 2 is 1.80 bits per heavy atom. The van der Waals surface area contributed by atoms with Crippen LogP contribution in [-0.4, -0.2) is 9.78 Å². The van der Waals surface area contributed by atoms with E-state index in [0.717, 1.165) is 5.69 Å². The predicted octanol–water partition coefficient (Wildman–Crippen LogP) is 2.24. The molecule has 4 heteroatoms. The average Bonchev–Trinajstić information content (AvgIpc) is 2.21. The molecular formula is C11H12BrN3. The number of rotatable bonds is 1. The summed E-state index contributed by atoms with van der Waals surface area (Å²) in [7, 11) is 0. The Balaban J connectivity index is 0.00000112. The zero-order valence-electron chi connectivity index (χ0n) is 8.34. The van der Waals surface area contributed by atoms with Gasteiger partial charge < -0.3 is 0 Å². The van der Waals surface area contributed by atoms with Crippen molar-refractivity contribution in [3.05, 3.63) is 53.6 Å². The molecule has 0 aliphatic heterocycles. The third kappa shape index (κ3) is 2.76. The lowest BCUT2D eigenvalue weighted by molar-refractivity contribution is 0.828. The van der Waals surface area contributed by atoms with Crippen molar-refractivity contribution in [2.75, 3.05) is 0 Å². The molecule has 0 bridgehead atoms. The topological polar surface area (TPSA) is 41.7 Å². The van der Waals surface area contributed by atoms with E-state index in [-0.39, 0.29) is 17.0 Å². The van der Waals surface area contributed by atoms with Crippen molar-refractivity contribution in [3.63, 3.8) is 0 Å². The molecule has 0 radical (unpaired) electrons. The Kier molecular flexibility index (Phi) is 3.80. The van der Waals surface area contributed by atoms with Crippen LogP contribution in [0, 0.1) is 12.3 Å². The number of halogens is 1. The van der Waals surface area contributed by atoms with E-state index in [2.05, 4.69) is 12.0 Å². The number of nitrogens with one attached hydrogen (secondary N) is 1. The first-order chi connectivity index (χ1) is 6.75. The molecule has 0 aliphatic rings. The summed E-state index contributed by atoms with van der Waals surface area (Å²) >= 11 is 0. The lowest BCUT2D eigenvalue weighted by Crippen LogP contribution is -2.06. The number of hydrogen-bond donors (Lipinski definition) is 1. The molecule has 78 valence electrons. The van der Waals surface area contributed by atoms with Crippen LogP contribution in [0.1, 0.15) is 5.56 Å². The van der Waals surface area contributed by atoms with Crippen LogP contribution in [0.4, 0.5) is 0 Å². The SMILES string of the molecule is Br.Cc1ccc(-n2ccc(=N)cn2)cc1. The second-order valence-corrected chi connectivity index (χ2v) is 3.20. The van der Waals surface area contributed by atoms with Crippen LogP contribution in [0.5, 0.6) is 0 Å². The van der Waals surface area contributed by atoms with E-state index in [1.165, 1.54) is 11.8 Å². The van der Waals surface area contributed by atoms with Gasteiger partial charge in [-0.05, 0) is 25.1 Å². The van der Waals surface area contributed by atoms with Gasteiger partial charge in [-0.25, -0.2) is 4.68 Å². The minimum absolute atomic E-state index is 0. The van der Waals surface area contributed by atoms with Gasteiger partial charge in [0.15, 0.2) is 0 Å². The molecule has 0 aliphatic carbocycles. The number of hydrogen-bond acceptors (Lipinski definition) is 2. The molecular weight excluding hydrogens is 254 g/mol. The summed E-state index contributed by atoms with van der Waals surface area (Å²) in [5.74, 6) is 0. The number of aromatic nitrogens is 2. The minimum Gasteiger partial charge on any atom is -0.299 e. The Labute approximate surface area is 98.7 Å². The van der Waals surface area contributed by atoms with Crippen LogP contribution in [0.2, 0.25) is 0 Å². The van der Waals surface area contributed by atoms with Crippen molar-refractivity contribution in [1.29, 1.82) is 5.41 Å². The van der Waals surface area contributed by atoms with Gasteiger partial charge in [0.1, 0.15) is 0 Å². The summed E-state index contributed by atoms with van der Waals surface area (Å²) in [5, 5.41) is 11.8. The van der Waals surface area contributed by atoms with Crippen LogP contribution < -0.4 is 5.36 Å². The van der Waals surface area contributed by atoms with Gasteiger partial charge in [-0.1, -0.05) is 17.7 Å². The van der Waals surface area contributed by atoms with Crippen molar-refractivity contribution in [2.45, 2.75) is 6.92 Å². The summed E-state index contributed by atoms with van der Waals surface area (Å²) in [6.07, 6.45) is 3.31. The quantitative estimate of drug-likeness (QED) is 0.845. The third-order valence-corrected chi connectivity index (χ3v) is 2.02. The lowest BCUT2D eigenvalue weighted by Gasteiger charge is -2.03. The molecule has 0 saturated carbocycles. The van der Waals surface area contributed by atoms with Crippen LogP contribution in [-0.2, 0) is 0 Å². The normalized spacial score (nSPS) is 9.40. The summed E-state index contributed by atoms with van der Waals surface area (Å²) in [5.41, 5.74) is 2.24. The fourth-order valence-corrected chi connectivity index (χ4v) is 1.21. The highest BCUT2D eigenvalue weighted by molar-refractivity contribution is 8.93. The van der Waals surface area contributed by atoms with E-state index in [1.54, 1.807) is 16.9 Å². The Bertz CT molecular complexity index is 467. The highest BCUT2D eigenvalue weighted by atomic mass is 79.9. The summed E-state index contributed by atoms with van der Waals surface area (Å²) in [6.45, 7) is 2.05. The maximum atomic E-state index is 7.31. The first kappa shape index (κ1) is 11.7. The van der Waals surface area contributed by atoms with Gasteiger partial charge in [0.05, 0.1) is 17.2 Å². The minimum atomic E-state index is 0. The summed E-state index contributed by atoms with van der Waals surface area (Å²) < 4.78 is 1.75. The summed E-state index contributed by atoms with van der Waals surface area (Å²) in [6, 6.07) is 9.81. The highest BCUT2D eigenvalue weighted by Gasteiger charge is 1.93. The maximum absolute atomic E-state index is 7.31. The van der Waals surface area contributed by atoms with Crippen molar-refractivity contribution in [1.82, 2.24) is 9.78 Å². The zero-order valence-corrected chi connectivity index (χ0v) is 10.1. The second kappa shape index (κ2) is 4.89. The van der Waals surface area contributed by atoms with Crippen molar-refractivity contribution < 1.29 is 0 Å². The first-order valence-corrected chi connectivity index (χ1v) is 4.42. The fourth-order valence-electron chi connectivity index (χ4n) is 1.21. The van der Waals surface area contributed by atoms with Gasteiger partial charge >= 0.3 is 0 Å². The molecule has 0 fully saturated rings. The molecule has 2 aromatic rings. The fraction of sp³-hybridized carbons (Fsp3) is 0.0909. The van der Waals surface area contributed by atoms with Gasteiger partial charge in [0.2, 0.25) is 0 Å². The monoisotopic (exact) mass is 265 g/mol. The molecule has 0 atom stereocenters. The van der Waals surface area contributed by atoms with E-state index in [1.807, 2.05) is 24.3 Å². The number of nitrogens with zero attached hydrogens (tertiary/aromatic N) is 2. The molecule has 1 N–H and O–H groups in total. The lowest BCUT2D eigenvalue weighted by atomic mass is 10.2. The van der Waals surface area contributed by atoms with Crippen molar-refractivity contribution >= 4 is 17.0 Å². The Hall–Kier alpha value is -1.42. The number of aryl methyl sites for hydroxylation is 1. The van der Waals surface area contributed by atoms with E-state index in [9.17, 15) is 0 Å². The highest BCUT2D eigenvalue weighted by Crippen LogP contribution is 2.06. The van der Waals surface area contributed by atoms with E-state index in [0.29, 0.717) is 5.36 Å². The molecule has 1 heterocycles. The van der Waals surface area contributed by atoms with Crippen molar-refractivity contribution in [3.8, 4) is 5.69 Å². The standard InChI is InChI=1S/C11H11N3.BrH/c1-9-2-4-11(5-3-9)14-7-6-10(12)8-13-14;/h2-8,12H,1H3;1H. The first-order valence-electron chi connectivity index (χ1n) is 4.42. The molecule has 0 spiro atoms. The van der Waals surface area contributed by atoms with Crippen molar-refractivity contribution in [2.24, 2.45) is 0 Å². The molecule has 0 amide bonds. The smallest absolute Gasteiger partial charge is 0.0756 e. The molecule has 0 unspecified atom stereocenters. The van der Waals surface area contributed by atoms with Gasteiger partial charge in [-0.3, -0.25) is 5.41 Å². The Morgan fingerprint density at radius 1 is 1.13 bits per heavy atom. The molecule has 2 rings (SSSR count). The molecule has 0 saturated heterocycles. The summed E-state index contributed by atoms with van der Waals surface area (Å²) in [4.78, 5) is 0. The third-order valence-electron chi connectivity index (χ3n) is 2.02. The van der Waals surface area contributed by atoms with E-state index < -0.39 is 0 Å². The average molecular weight is 266 g/mol. The van der Waals surface area contributed by atoms with Gasteiger partial charge in [-0.2, -0.15) is 5.10 Å². The second-order valence-electron chi connectivity index (χ2n) is 3.20. The Morgan fingerprint density at radius 3 is 2.33 bits per heavy atom. The molecule has 15 heavy (non-hydrogen) atoms. The van der Waals surface area contributed by atoms with Gasteiger partial charge in [0, 0.05) is 6.20 Å². The predicted molar refractivity (Wildman–Crippen MR) is 64.5 cm³/mol. The molecule has 1 aromatic heterocycles. The molecule has 3 nitrogen and oxygen atoms in total. The van der Waals surface area contributed by atoms with Crippen LogP contribution >= 0.6 is 17.0 Å². The van der Waals surface area contributed by atoms with Gasteiger partial charge in [0.25, 0.3) is 0 Å². The number of benzene rings is 1. The maximum Gasteiger partial charge on any atom is 0.0756 e. The zero-order chi connectivity index (χ0) is 9.97. The van der Waals surface area contributed by atoms with Crippen LogP contribution in [0.15, 0.2) is 42.7 Å². The van der Waals surface area contributed by atoms with Gasteiger partial charge in [-0.15, -0.1) is 17.0 Å². The molecule has 1 aromatic carbocycles.